The maximum absolute atomic E-state index is 12.3. The van der Waals surface area contributed by atoms with E-state index in [0.29, 0.717) is 11.7 Å². The molecule has 5 nitrogen and oxygen atoms in total. The monoisotopic (exact) mass is 657 g/mol. The normalized spacial score (nSPS) is 18.7. The highest BCUT2D eigenvalue weighted by molar-refractivity contribution is 5.79. The van der Waals surface area contributed by atoms with E-state index in [-0.39, 0.29) is 18.4 Å². The Balaban J connectivity index is 1.69. The summed E-state index contributed by atoms with van der Waals surface area (Å²) in [7, 11) is 0. The van der Waals surface area contributed by atoms with Gasteiger partial charge in [-0.05, 0) is 99.7 Å². The molecule has 0 spiro atoms. The van der Waals surface area contributed by atoms with Crippen LogP contribution in [0.3, 0.4) is 0 Å². The van der Waals surface area contributed by atoms with E-state index in [1.807, 2.05) is 20.8 Å². The Labute approximate surface area is 289 Å². The van der Waals surface area contributed by atoms with Gasteiger partial charge in [0.2, 0.25) is 0 Å². The van der Waals surface area contributed by atoms with E-state index < -0.39 is 11.9 Å². The van der Waals surface area contributed by atoms with Crippen LogP contribution in [0.15, 0.2) is 0 Å². The molecular formula is C42H72O5. The van der Waals surface area contributed by atoms with Crippen molar-refractivity contribution in [2.75, 3.05) is 0 Å². The van der Waals surface area contributed by atoms with Crippen molar-refractivity contribution < 1.29 is 24.2 Å². The van der Waals surface area contributed by atoms with Crippen molar-refractivity contribution in [1.82, 2.24) is 0 Å². The summed E-state index contributed by atoms with van der Waals surface area (Å²) < 4.78 is 12.4. The number of ether oxygens (including phenoxy) is 2. The molecule has 0 aromatic heterocycles. The van der Waals surface area contributed by atoms with Crippen LogP contribution in [0.1, 0.15) is 180 Å². The molecule has 5 heteroatoms. The van der Waals surface area contributed by atoms with Crippen LogP contribution in [-0.4, -0.2) is 22.6 Å². The molecule has 1 heterocycles. The number of benzene rings is 1. The zero-order chi connectivity index (χ0) is 35.1. The average Bonchev–Trinajstić information content (AvgIpc) is 3.00. The first-order valence-corrected chi connectivity index (χ1v) is 19.4. The van der Waals surface area contributed by atoms with E-state index in [4.69, 9.17) is 14.6 Å². The van der Waals surface area contributed by atoms with E-state index in [0.717, 1.165) is 70.9 Å². The number of carbonyl (C=O) groups is 2. The summed E-state index contributed by atoms with van der Waals surface area (Å²) in [6, 6.07) is 0. The minimum Gasteiger partial charge on any atom is -0.487 e. The van der Waals surface area contributed by atoms with Crippen LogP contribution in [-0.2, 0) is 16.0 Å². The van der Waals surface area contributed by atoms with Crippen LogP contribution in [0, 0.1) is 50.4 Å². The second-order valence-electron chi connectivity index (χ2n) is 16.5. The fourth-order valence-electron chi connectivity index (χ4n) is 7.43. The van der Waals surface area contributed by atoms with Gasteiger partial charge in [-0.2, -0.15) is 0 Å². The van der Waals surface area contributed by atoms with E-state index in [9.17, 15) is 9.59 Å². The number of fused-ring (bicyclic) bond motifs is 1. The molecule has 0 aliphatic carbocycles. The molecule has 270 valence electrons. The smallest absolute Gasteiger partial charge is 0.311 e. The number of carboxylic acid groups (broad SMARTS) is 1. The van der Waals surface area contributed by atoms with Crippen molar-refractivity contribution in [3.63, 3.8) is 0 Å². The summed E-state index contributed by atoms with van der Waals surface area (Å²) in [5.41, 5.74) is 3.76. The Kier molecular flexibility index (Phi) is 17.9. The SMILES string of the molecule is Cc1c(C)c2c(c(C)c1OC(=O)CCC(=O)O)CCC(C)(CCC(C)CCCC(C)CCCC(C)CCCC(C)CCCC(C)C)O2. The second kappa shape index (κ2) is 20.5. The van der Waals surface area contributed by atoms with Gasteiger partial charge in [0.05, 0.1) is 12.8 Å². The molecule has 1 aliphatic rings. The molecule has 0 saturated heterocycles. The maximum Gasteiger partial charge on any atom is 0.311 e. The quantitative estimate of drug-likeness (QED) is 0.0937. The van der Waals surface area contributed by atoms with E-state index >= 15 is 0 Å². The highest BCUT2D eigenvalue weighted by Crippen LogP contribution is 2.45. The summed E-state index contributed by atoms with van der Waals surface area (Å²) in [6.07, 6.45) is 20.2. The molecule has 1 aliphatic heterocycles. The minimum absolute atomic E-state index is 0.131. The lowest BCUT2D eigenvalue weighted by molar-refractivity contribution is -0.142. The van der Waals surface area contributed by atoms with Gasteiger partial charge >= 0.3 is 11.9 Å². The Morgan fingerprint density at radius 1 is 0.702 bits per heavy atom. The highest BCUT2D eigenvalue weighted by atomic mass is 16.5. The van der Waals surface area contributed by atoms with Gasteiger partial charge in [-0.25, -0.2) is 0 Å². The van der Waals surface area contributed by atoms with Crippen LogP contribution in [0.2, 0.25) is 0 Å². The number of carbonyl (C=O) groups excluding carboxylic acids is 1. The van der Waals surface area contributed by atoms with Gasteiger partial charge in [0.15, 0.2) is 0 Å². The molecule has 5 unspecified atom stereocenters. The molecule has 1 aromatic rings. The van der Waals surface area contributed by atoms with E-state index in [2.05, 4.69) is 48.5 Å². The molecule has 1 N–H and O–H groups in total. The van der Waals surface area contributed by atoms with Crippen molar-refractivity contribution in [2.45, 2.75) is 190 Å². The molecular weight excluding hydrogens is 584 g/mol. The molecule has 0 radical (unpaired) electrons. The van der Waals surface area contributed by atoms with Crippen molar-refractivity contribution in [3.8, 4) is 11.5 Å². The molecule has 0 bridgehead atoms. The van der Waals surface area contributed by atoms with Crippen LogP contribution in [0.5, 0.6) is 11.5 Å². The van der Waals surface area contributed by atoms with Crippen molar-refractivity contribution in [1.29, 1.82) is 0 Å². The van der Waals surface area contributed by atoms with Gasteiger partial charge in [0, 0.05) is 5.56 Å². The zero-order valence-corrected chi connectivity index (χ0v) is 32.2. The number of rotatable bonds is 23. The Morgan fingerprint density at radius 2 is 1.17 bits per heavy atom. The third-order valence-electron chi connectivity index (χ3n) is 11.1. The predicted molar refractivity (Wildman–Crippen MR) is 197 cm³/mol. The summed E-state index contributed by atoms with van der Waals surface area (Å²) in [6.45, 7) is 22.7. The highest BCUT2D eigenvalue weighted by Gasteiger charge is 2.35. The number of hydrogen-bond acceptors (Lipinski definition) is 4. The molecule has 5 atom stereocenters. The van der Waals surface area contributed by atoms with E-state index in [1.165, 1.54) is 83.5 Å². The van der Waals surface area contributed by atoms with Crippen LogP contribution >= 0.6 is 0 Å². The largest absolute Gasteiger partial charge is 0.487 e. The minimum atomic E-state index is -0.998. The van der Waals surface area contributed by atoms with Gasteiger partial charge in [0.25, 0.3) is 0 Å². The van der Waals surface area contributed by atoms with Crippen molar-refractivity contribution >= 4 is 11.9 Å². The first-order chi connectivity index (χ1) is 22.1. The molecule has 0 amide bonds. The molecule has 2 rings (SSSR count). The Bertz CT molecular complexity index is 1110. The average molecular weight is 657 g/mol. The Hall–Kier alpha value is -2.04. The van der Waals surface area contributed by atoms with Crippen LogP contribution < -0.4 is 9.47 Å². The lowest BCUT2D eigenvalue weighted by Gasteiger charge is -2.39. The summed E-state index contributed by atoms with van der Waals surface area (Å²) in [5, 5.41) is 8.91. The maximum atomic E-state index is 12.3. The second-order valence-corrected chi connectivity index (χ2v) is 16.5. The first-order valence-electron chi connectivity index (χ1n) is 19.4. The topological polar surface area (TPSA) is 72.8 Å². The molecule has 0 saturated carbocycles. The molecule has 1 aromatic carbocycles. The van der Waals surface area contributed by atoms with Gasteiger partial charge in [-0.15, -0.1) is 0 Å². The molecule has 47 heavy (non-hydrogen) atoms. The fourth-order valence-corrected chi connectivity index (χ4v) is 7.43. The fraction of sp³-hybridized carbons (Fsp3) is 0.810. The third kappa shape index (κ3) is 14.9. The lowest BCUT2D eigenvalue weighted by Crippen LogP contribution is -2.37. The summed E-state index contributed by atoms with van der Waals surface area (Å²) in [5.74, 6) is 4.12. The van der Waals surface area contributed by atoms with Gasteiger partial charge in [0.1, 0.15) is 17.1 Å². The first kappa shape index (κ1) is 41.1. The van der Waals surface area contributed by atoms with Gasteiger partial charge in [-0.1, -0.05) is 119 Å². The summed E-state index contributed by atoms with van der Waals surface area (Å²) >= 11 is 0. The third-order valence-corrected chi connectivity index (χ3v) is 11.1. The standard InChI is InChI=1S/C42H72O5/c1-29(2)15-11-16-30(3)17-12-18-31(4)19-13-20-32(5)21-14-22-33(6)25-27-42(10)28-26-37-36(9)40(34(7)35(8)41(37)47-42)46-39(45)24-23-38(43)44/h29-33H,11-28H2,1-10H3,(H,43,44). The van der Waals surface area contributed by atoms with Gasteiger partial charge < -0.3 is 14.6 Å². The number of aliphatic carboxylic acids is 1. The van der Waals surface area contributed by atoms with Crippen molar-refractivity contribution in [3.05, 3.63) is 22.3 Å². The number of hydrogen-bond donors (Lipinski definition) is 1. The van der Waals surface area contributed by atoms with Crippen LogP contribution in [0.25, 0.3) is 0 Å². The predicted octanol–water partition coefficient (Wildman–Crippen LogP) is 12.1. The lowest BCUT2D eigenvalue weighted by atomic mass is 9.83. The van der Waals surface area contributed by atoms with E-state index in [1.54, 1.807) is 0 Å². The molecule has 0 fully saturated rings. The number of carboxylic acids is 1. The zero-order valence-electron chi connectivity index (χ0n) is 32.2. The number of esters is 1. The van der Waals surface area contributed by atoms with Gasteiger partial charge in [-0.3, -0.25) is 9.59 Å². The Morgan fingerprint density at radius 3 is 1.64 bits per heavy atom. The van der Waals surface area contributed by atoms with Crippen molar-refractivity contribution in [2.24, 2.45) is 29.6 Å². The van der Waals surface area contributed by atoms with Crippen LogP contribution in [0.4, 0.5) is 0 Å². The summed E-state index contributed by atoms with van der Waals surface area (Å²) in [4.78, 5) is 23.2.